The van der Waals surface area contributed by atoms with E-state index in [1.165, 1.54) is 0 Å². The van der Waals surface area contributed by atoms with Gasteiger partial charge in [0.2, 0.25) is 0 Å². The molecule has 0 radical (unpaired) electrons. The Labute approximate surface area is 157 Å². The van der Waals surface area contributed by atoms with Gasteiger partial charge in [-0.25, -0.2) is 0 Å². The zero-order chi connectivity index (χ0) is 18.6. The normalized spacial score (nSPS) is 10.6. The van der Waals surface area contributed by atoms with Crippen LogP contribution in [-0.2, 0) is 0 Å². The minimum absolute atomic E-state index is 0.641. The van der Waals surface area contributed by atoms with E-state index >= 15 is 0 Å². The molecule has 0 atom stereocenters. The number of rotatable bonds is 5. The predicted molar refractivity (Wildman–Crippen MR) is 101 cm³/mol. The summed E-state index contributed by atoms with van der Waals surface area (Å²) < 4.78 is 10.5. The van der Waals surface area contributed by atoms with Gasteiger partial charge in [-0.15, -0.1) is 0 Å². The van der Waals surface area contributed by atoms with Gasteiger partial charge in [0.15, 0.2) is 5.69 Å². The molecule has 0 saturated heterocycles. The molecule has 0 aliphatic rings. The van der Waals surface area contributed by atoms with Crippen LogP contribution in [0.15, 0.2) is 78.9 Å². The molecule has 6 heteroatoms. The Morgan fingerprint density at radius 2 is 1.33 bits per heavy atom. The third-order valence-electron chi connectivity index (χ3n) is 4.20. The minimum Gasteiger partial charge on any atom is -0.497 e. The average molecular weight is 359 g/mol. The molecule has 27 heavy (non-hydrogen) atoms. The van der Waals surface area contributed by atoms with Crippen LogP contribution in [0.3, 0.4) is 0 Å². The Balaban J connectivity index is 1.85. The van der Waals surface area contributed by atoms with Crippen molar-refractivity contribution >= 4 is 0 Å². The highest BCUT2D eigenvalue weighted by Gasteiger charge is 2.23. The van der Waals surface area contributed by atoms with Crippen LogP contribution < -0.4 is 14.3 Å². The van der Waals surface area contributed by atoms with Gasteiger partial charge < -0.3 is 9.47 Å². The first-order valence-electron chi connectivity index (χ1n) is 8.52. The van der Waals surface area contributed by atoms with Crippen molar-refractivity contribution in [1.29, 1.82) is 0 Å². The van der Waals surface area contributed by atoms with Gasteiger partial charge in [0.05, 0.1) is 24.9 Å². The average Bonchev–Trinajstić information content (AvgIpc) is 3.20. The molecular formula is C21H19N4O2+. The first-order valence-corrected chi connectivity index (χ1v) is 8.52. The van der Waals surface area contributed by atoms with Gasteiger partial charge in [0.1, 0.15) is 17.2 Å². The van der Waals surface area contributed by atoms with Crippen molar-refractivity contribution < 1.29 is 14.3 Å². The van der Waals surface area contributed by atoms with Crippen molar-refractivity contribution in [2.24, 2.45) is 0 Å². The quantitative estimate of drug-likeness (QED) is 0.514. The summed E-state index contributed by atoms with van der Waals surface area (Å²) in [5, 5.41) is 9.44. The molecular weight excluding hydrogens is 340 g/mol. The summed E-state index contributed by atoms with van der Waals surface area (Å²) in [6, 6.07) is 25.3. The van der Waals surface area contributed by atoms with Gasteiger partial charge in [-0.05, 0) is 70.6 Å². The molecule has 0 fully saturated rings. The fraction of sp³-hybridized carbons (Fsp3) is 0.0952. The first-order chi connectivity index (χ1) is 13.3. The van der Waals surface area contributed by atoms with E-state index in [0.29, 0.717) is 5.82 Å². The minimum atomic E-state index is 0.641. The molecule has 134 valence electrons. The topological polar surface area (TPSA) is 53.0 Å². The van der Waals surface area contributed by atoms with E-state index in [1.54, 1.807) is 23.8 Å². The predicted octanol–water partition coefficient (Wildman–Crippen LogP) is 3.23. The highest BCUT2D eigenvalue weighted by Crippen LogP contribution is 2.18. The van der Waals surface area contributed by atoms with Crippen LogP contribution in [0.5, 0.6) is 11.5 Å². The summed E-state index contributed by atoms with van der Waals surface area (Å²) in [6.07, 6.45) is 0. The van der Waals surface area contributed by atoms with Crippen LogP contribution in [0.25, 0.3) is 22.8 Å². The van der Waals surface area contributed by atoms with Gasteiger partial charge >= 0.3 is 5.82 Å². The van der Waals surface area contributed by atoms with Crippen molar-refractivity contribution in [3.63, 3.8) is 0 Å². The second-order valence-electron chi connectivity index (χ2n) is 5.86. The van der Waals surface area contributed by atoms with Crippen LogP contribution in [0, 0.1) is 0 Å². The van der Waals surface area contributed by atoms with Gasteiger partial charge in [-0.2, -0.15) is 0 Å². The third kappa shape index (κ3) is 3.37. The number of nitrogens with zero attached hydrogens (tertiary/aromatic N) is 4. The zero-order valence-electron chi connectivity index (χ0n) is 15.1. The molecule has 0 aliphatic heterocycles. The van der Waals surface area contributed by atoms with E-state index in [1.807, 2.05) is 78.9 Å². The van der Waals surface area contributed by atoms with E-state index in [2.05, 4.69) is 0 Å². The lowest BCUT2D eigenvalue weighted by atomic mass is 10.2. The van der Waals surface area contributed by atoms with Crippen LogP contribution in [0.2, 0.25) is 0 Å². The van der Waals surface area contributed by atoms with Gasteiger partial charge in [0, 0.05) is 4.80 Å². The van der Waals surface area contributed by atoms with Crippen molar-refractivity contribution in [3.05, 3.63) is 78.9 Å². The summed E-state index contributed by atoms with van der Waals surface area (Å²) >= 11 is 0. The lowest BCUT2D eigenvalue weighted by Crippen LogP contribution is -2.43. The second kappa shape index (κ2) is 7.29. The van der Waals surface area contributed by atoms with Crippen LogP contribution in [0.4, 0.5) is 0 Å². The maximum absolute atomic E-state index is 5.25. The Morgan fingerprint density at radius 3 is 1.93 bits per heavy atom. The van der Waals surface area contributed by atoms with Crippen LogP contribution in [-0.4, -0.2) is 29.2 Å². The Bertz CT molecular complexity index is 961. The fourth-order valence-corrected chi connectivity index (χ4v) is 2.75. The molecule has 0 saturated carbocycles. The van der Waals surface area contributed by atoms with Crippen molar-refractivity contribution in [1.82, 2.24) is 15.0 Å². The number of hydrogen-bond donors (Lipinski definition) is 0. The fourth-order valence-electron chi connectivity index (χ4n) is 2.75. The molecule has 6 nitrogen and oxygen atoms in total. The standard InChI is InChI=1S/C21H19N4O2/c1-26-19-12-8-17(9-13-19)24-22-21(16-6-4-3-5-7-16)23-25(24)18-10-14-20(27-2)15-11-18/h3-15H,1-2H3/q+1. The Kier molecular flexibility index (Phi) is 4.53. The van der Waals surface area contributed by atoms with E-state index in [9.17, 15) is 0 Å². The number of tetrazole rings is 1. The summed E-state index contributed by atoms with van der Waals surface area (Å²) in [5.41, 5.74) is 2.70. The van der Waals surface area contributed by atoms with Gasteiger partial charge in [-0.1, -0.05) is 18.2 Å². The molecule has 0 bridgehead atoms. The van der Waals surface area contributed by atoms with Crippen LogP contribution >= 0.6 is 0 Å². The number of benzene rings is 3. The summed E-state index contributed by atoms with van der Waals surface area (Å²) in [5.74, 6) is 2.22. The SMILES string of the molecule is COc1ccc(-n2nc(-c3ccccc3)n[n+]2-c2ccc(OC)cc2)cc1. The molecule has 0 unspecified atom stereocenters. The van der Waals surface area contributed by atoms with E-state index in [4.69, 9.17) is 19.7 Å². The number of hydrogen-bond acceptors (Lipinski definition) is 4. The van der Waals surface area contributed by atoms with Gasteiger partial charge in [0.25, 0.3) is 0 Å². The molecule has 0 spiro atoms. The maximum atomic E-state index is 5.25. The van der Waals surface area contributed by atoms with Crippen molar-refractivity contribution in [3.8, 4) is 34.3 Å². The molecule has 0 aliphatic carbocycles. The van der Waals surface area contributed by atoms with E-state index in [0.717, 1.165) is 28.4 Å². The number of ether oxygens (including phenoxy) is 2. The van der Waals surface area contributed by atoms with Gasteiger partial charge in [-0.3, -0.25) is 0 Å². The molecule has 1 aromatic heterocycles. The maximum Gasteiger partial charge on any atom is 0.340 e. The molecule has 4 aromatic rings. The molecule has 3 aromatic carbocycles. The lowest BCUT2D eigenvalue weighted by molar-refractivity contribution is -0.734. The zero-order valence-corrected chi connectivity index (χ0v) is 15.1. The largest absolute Gasteiger partial charge is 0.497 e. The third-order valence-corrected chi connectivity index (χ3v) is 4.20. The molecule has 0 amide bonds. The van der Waals surface area contributed by atoms with Crippen LogP contribution in [0.1, 0.15) is 0 Å². The monoisotopic (exact) mass is 359 g/mol. The van der Waals surface area contributed by atoms with Crippen molar-refractivity contribution in [2.45, 2.75) is 0 Å². The van der Waals surface area contributed by atoms with E-state index in [-0.39, 0.29) is 0 Å². The highest BCUT2D eigenvalue weighted by atomic mass is 16.5. The Morgan fingerprint density at radius 1 is 0.741 bits per heavy atom. The number of aromatic nitrogens is 4. The summed E-state index contributed by atoms with van der Waals surface area (Å²) in [7, 11) is 3.30. The number of methoxy groups -OCH3 is 2. The smallest absolute Gasteiger partial charge is 0.340 e. The van der Waals surface area contributed by atoms with Crippen molar-refractivity contribution in [2.75, 3.05) is 14.2 Å². The van der Waals surface area contributed by atoms with E-state index < -0.39 is 0 Å². The molecule has 0 N–H and O–H groups in total. The Hall–Kier alpha value is -3.67. The molecule has 1 heterocycles. The lowest BCUT2D eigenvalue weighted by Gasteiger charge is -2.03. The summed E-state index contributed by atoms with van der Waals surface area (Å²) in [6.45, 7) is 0. The second-order valence-corrected chi connectivity index (χ2v) is 5.86. The first kappa shape index (κ1) is 16.8. The molecule has 4 rings (SSSR count). The summed E-state index contributed by atoms with van der Waals surface area (Å²) in [4.78, 5) is 3.53. The highest BCUT2D eigenvalue weighted by molar-refractivity contribution is 5.53.